The molecule has 0 spiro atoms. The Bertz CT molecular complexity index is 1020. The number of hydrogen-bond acceptors (Lipinski definition) is 5. The van der Waals surface area contributed by atoms with Gasteiger partial charge < -0.3 is 5.32 Å². The molecule has 2 aromatic carbocycles. The normalized spacial score (nSPS) is 11.5. The number of nitrogens with one attached hydrogen (secondary N) is 1. The van der Waals surface area contributed by atoms with Crippen molar-refractivity contribution in [2.24, 2.45) is 0 Å². The summed E-state index contributed by atoms with van der Waals surface area (Å²) in [5.74, 6) is -0.649. The Hall–Kier alpha value is -2.20. The van der Waals surface area contributed by atoms with Crippen LogP contribution in [0.1, 0.15) is 24.2 Å². The Balaban J connectivity index is 2.38. The highest BCUT2D eigenvalue weighted by Crippen LogP contribution is 2.29. The first-order chi connectivity index (χ1) is 13.1. The van der Waals surface area contributed by atoms with Gasteiger partial charge in [0.05, 0.1) is 9.95 Å². The third-order valence-electron chi connectivity index (χ3n) is 3.92. The number of nitro benzene ring substituents is 1. The second-order valence-corrected chi connectivity index (χ2v) is 8.33. The molecule has 0 atom stereocenters. The first kappa shape index (κ1) is 22.1. The number of sulfonamides is 1. The fraction of sp³-hybridized carbons (Fsp3) is 0.235. The maximum atomic E-state index is 12.7. The zero-order chi connectivity index (χ0) is 21.1. The summed E-state index contributed by atoms with van der Waals surface area (Å²) in [5.41, 5.74) is -0.183. The van der Waals surface area contributed by atoms with Gasteiger partial charge in [0.25, 0.3) is 11.6 Å². The molecule has 1 amide bonds. The number of carbonyl (C=O) groups is 1. The van der Waals surface area contributed by atoms with Crippen molar-refractivity contribution in [1.29, 1.82) is 0 Å². The quantitative estimate of drug-likeness (QED) is 0.507. The lowest BCUT2D eigenvalue weighted by molar-refractivity contribution is -0.384. The van der Waals surface area contributed by atoms with Crippen LogP contribution in [0.15, 0.2) is 41.3 Å². The standard InChI is InChI=1S/C17H17Cl2N3O5S/c1-3-21(4-2)28(26,27)16-9-11(5-7-14(16)19)17(23)20-12-6-8-13(18)15(10-12)22(24)25/h5-10H,3-4H2,1-2H3,(H,20,23). The maximum absolute atomic E-state index is 12.7. The molecule has 0 fully saturated rings. The summed E-state index contributed by atoms with van der Waals surface area (Å²) in [6.07, 6.45) is 0. The van der Waals surface area contributed by atoms with Crippen molar-refractivity contribution in [3.63, 3.8) is 0 Å². The summed E-state index contributed by atoms with van der Waals surface area (Å²) in [7, 11) is -3.87. The molecule has 8 nitrogen and oxygen atoms in total. The highest BCUT2D eigenvalue weighted by molar-refractivity contribution is 7.89. The molecule has 1 N–H and O–H groups in total. The van der Waals surface area contributed by atoms with Crippen LogP contribution < -0.4 is 5.32 Å². The largest absolute Gasteiger partial charge is 0.322 e. The minimum atomic E-state index is -3.87. The number of amides is 1. The van der Waals surface area contributed by atoms with E-state index in [0.717, 1.165) is 6.07 Å². The molecule has 0 unspecified atom stereocenters. The Morgan fingerprint density at radius 3 is 2.29 bits per heavy atom. The molecule has 2 aromatic rings. The van der Waals surface area contributed by atoms with Gasteiger partial charge in [-0.15, -0.1) is 0 Å². The topological polar surface area (TPSA) is 110 Å². The van der Waals surface area contributed by atoms with Crippen LogP contribution >= 0.6 is 23.2 Å². The number of benzene rings is 2. The fourth-order valence-electron chi connectivity index (χ4n) is 2.48. The molecule has 2 rings (SSSR count). The zero-order valence-corrected chi connectivity index (χ0v) is 17.3. The highest BCUT2D eigenvalue weighted by Gasteiger charge is 2.25. The van der Waals surface area contributed by atoms with E-state index in [1.165, 1.54) is 34.6 Å². The zero-order valence-electron chi connectivity index (χ0n) is 15.0. The molecule has 0 saturated carbocycles. The predicted octanol–water partition coefficient (Wildman–Crippen LogP) is 4.18. The lowest BCUT2D eigenvalue weighted by Crippen LogP contribution is -2.31. The summed E-state index contributed by atoms with van der Waals surface area (Å²) in [6.45, 7) is 3.89. The molecular weight excluding hydrogens is 429 g/mol. The number of hydrogen-bond donors (Lipinski definition) is 1. The number of nitro groups is 1. The maximum Gasteiger partial charge on any atom is 0.289 e. The lowest BCUT2D eigenvalue weighted by atomic mass is 10.2. The van der Waals surface area contributed by atoms with Gasteiger partial charge in [-0.05, 0) is 30.3 Å². The van der Waals surface area contributed by atoms with E-state index in [1.54, 1.807) is 13.8 Å². The van der Waals surface area contributed by atoms with Crippen LogP contribution in [0.4, 0.5) is 11.4 Å². The third-order valence-corrected chi connectivity index (χ3v) is 6.77. The monoisotopic (exact) mass is 445 g/mol. The van der Waals surface area contributed by atoms with E-state index in [9.17, 15) is 23.3 Å². The van der Waals surface area contributed by atoms with Crippen LogP contribution in [0.25, 0.3) is 0 Å². The molecule has 11 heteroatoms. The summed E-state index contributed by atoms with van der Waals surface area (Å²) in [6, 6.07) is 7.66. The SMILES string of the molecule is CCN(CC)S(=O)(=O)c1cc(C(=O)Nc2ccc(Cl)c([N+](=O)[O-])c2)ccc1Cl. The predicted molar refractivity (Wildman–Crippen MR) is 108 cm³/mol. The van der Waals surface area contributed by atoms with E-state index >= 15 is 0 Å². The van der Waals surface area contributed by atoms with Crippen molar-refractivity contribution in [3.05, 3.63) is 62.1 Å². The van der Waals surface area contributed by atoms with E-state index in [-0.39, 0.29) is 45.0 Å². The van der Waals surface area contributed by atoms with Crippen LogP contribution in [0.5, 0.6) is 0 Å². The second kappa shape index (κ2) is 8.87. The second-order valence-electron chi connectivity index (χ2n) is 5.61. The molecule has 0 saturated heterocycles. The summed E-state index contributed by atoms with van der Waals surface area (Å²) >= 11 is 11.8. The fourth-order valence-corrected chi connectivity index (χ4v) is 4.62. The molecule has 150 valence electrons. The van der Waals surface area contributed by atoms with Crippen molar-refractivity contribution >= 4 is 50.5 Å². The number of carbonyl (C=O) groups excluding carboxylic acids is 1. The summed E-state index contributed by atoms with van der Waals surface area (Å²) < 4.78 is 26.7. The Morgan fingerprint density at radius 2 is 1.71 bits per heavy atom. The van der Waals surface area contributed by atoms with E-state index in [1.807, 2.05) is 0 Å². The molecule has 0 bridgehead atoms. The minimum Gasteiger partial charge on any atom is -0.322 e. The van der Waals surface area contributed by atoms with Gasteiger partial charge in [-0.25, -0.2) is 8.42 Å². The Labute approximate surface area is 172 Å². The first-order valence-corrected chi connectivity index (χ1v) is 10.4. The van der Waals surface area contributed by atoms with Crippen molar-refractivity contribution in [2.75, 3.05) is 18.4 Å². The summed E-state index contributed by atoms with van der Waals surface area (Å²) in [5, 5.41) is 13.4. The molecule has 0 heterocycles. The molecule has 0 aliphatic heterocycles. The average molecular weight is 446 g/mol. The van der Waals surface area contributed by atoms with Gasteiger partial charge in [0.2, 0.25) is 10.0 Å². The highest BCUT2D eigenvalue weighted by atomic mass is 35.5. The molecule has 0 aliphatic rings. The van der Waals surface area contributed by atoms with Gasteiger partial charge >= 0.3 is 0 Å². The van der Waals surface area contributed by atoms with Gasteiger partial charge in [-0.1, -0.05) is 37.0 Å². The number of halogens is 2. The number of anilines is 1. The molecule has 0 radical (unpaired) electrons. The van der Waals surface area contributed by atoms with Crippen LogP contribution in [-0.4, -0.2) is 36.6 Å². The number of rotatable bonds is 7. The van der Waals surface area contributed by atoms with Gasteiger partial charge in [-0.3, -0.25) is 14.9 Å². The lowest BCUT2D eigenvalue weighted by Gasteiger charge is -2.19. The van der Waals surface area contributed by atoms with Crippen LogP contribution in [0.2, 0.25) is 10.0 Å². The first-order valence-electron chi connectivity index (χ1n) is 8.16. The Morgan fingerprint density at radius 1 is 1.11 bits per heavy atom. The smallest absolute Gasteiger partial charge is 0.289 e. The van der Waals surface area contributed by atoms with E-state index in [4.69, 9.17) is 23.2 Å². The van der Waals surface area contributed by atoms with Gasteiger partial charge in [0.15, 0.2) is 0 Å². The molecule has 0 aromatic heterocycles. The van der Waals surface area contributed by atoms with Gasteiger partial charge in [-0.2, -0.15) is 4.31 Å². The van der Waals surface area contributed by atoms with Crippen molar-refractivity contribution in [2.45, 2.75) is 18.7 Å². The van der Waals surface area contributed by atoms with Crippen LogP contribution in [0.3, 0.4) is 0 Å². The third kappa shape index (κ3) is 4.61. The van der Waals surface area contributed by atoms with E-state index < -0.39 is 20.9 Å². The Kier molecular flexibility index (Phi) is 7.00. The van der Waals surface area contributed by atoms with Crippen LogP contribution in [-0.2, 0) is 10.0 Å². The van der Waals surface area contributed by atoms with Crippen molar-refractivity contribution in [1.82, 2.24) is 4.31 Å². The molecular formula is C17H17Cl2N3O5S. The van der Waals surface area contributed by atoms with Gasteiger partial charge in [0, 0.05) is 30.4 Å². The molecule has 0 aliphatic carbocycles. The van der Waals surface area contributed by atoms with Crippen LogP contribution in [0, 0.1) is 10.1 Å². The summed E-state index contributed by atoms with van der Waals surface area (Å²) in [4.78, 5) is 22.6. The van der Waals surface area contributed by atoms with Gasteiger partial charge in [0.1, 0.15) is 9.92 Å². The number of nitrogens with zero attached hydrogens (tertiary/aromatic N) is 2. The van der Waals surface area contributed by atoms with E-state index in [0.29, 0.717) is 0 Å². The van der Waals surface area contributed by atoms with E-state index in [2.05, 4.69) is 5.32 Å². The minimum absolute atomic E-state index is 0.00872. The molecule has 28 heavy (non-hydrogen) atoms. The average Bonchev–Trinajstić information content (AvgIpc) is 2.64. The van der Waals surface area contributed by atoms with Crippen molar-refractivity contribution in [3.8, 4) is 0 Å². The van der Waals surface area contributed by atoms with Crippen molar-refractivity contribution < 1.29 is 18.1 Å².